The van der Waals surface area contributed by atoms with Crippen LogP contribution in [0.25, 0.3) is 0 Å². The second-order valence-corrected chi connectivity index (χ2v) is 5.47. The molecule has 2 rings (SSSR count). The predicted molar refractivity (Wildman–Crippen MR) is 95.0 cm³/mol. The summed E-state index contributed by atoms with van der Waals surface area (Å²) in [5.74, 6) is 0.743. The monoisotopic (exact) mass is 407 g/mol. The lowest BCUT2D eigenvalue weighted by molar-refractivity contribution is 0.00859. The van der Waals surface area contributed by atoms with Crippen LogP contribution in [0.4, 0.5) is 0 Å². The van der Waals surface area contributed by atoms with Crippen LogP contribution in [0.1, 0.15) is 44.6 Å². The number of halogens is 1. The summed E-state index contributed by atoms with van der Waals surface area (Å²) in [6.07, 6.45) is 8.55. The maximum atomic E-state index is 10.5. The minimum absolute atomic E-state index is 0. The third kappa shape index (κ3) is 6.25. The summed E-state index contributed by atoms with van der Waals surface area (Å²) in [6, 6.07) is 1.90. The number of aliphatic imine (C=N–C) groups is 1. The Kier molecular flexibility index (Phi) is 8.10. The number of furan rings is 1. The van der Waals surface area contributed by atoms with Crippen molar-refractivity contribution in [3.05, 3.63) is 24.2 Å². The van der Waals surface area contributed by atoms with E-state index in [1.165, 1.54) is 6.42 Å². The summed E-state index contributed by atoms with van der Waals surface area (Å²) < 4.78 is 5.03. The lowest BCUT2D eigenvalue weighted by atomic mass is 9.85. The van der Waals surface area contributed by atoms with Crippen molar-refractivity contribution < 1.29 is 9.52 Å². The van der Waals surface area contributed by atoms with Gasteiger partial charge in [0, 0.05) is 18.7 Å². The van der Waals surface area contributed by atoms with E-state index < -0.39 is 5.60 Å². The van der Waals surface area contributed by atoms with Gasteiger partial charge in [0.2, 0.25) is 0 Å². The van der Waals surface area contributed by atoms with E-state index in [0.717, 1.165) is 43.8 Å². The van der Waals surface area contributed by atoms with Gasteiger partial charge < -0.3 is 20.2 Å². The van der Waals surface area contributed by atoms with Crippen molar-refractivity contribution in [1.82, 2.24) is 10.6 Å². The molecule has 6 heteroatoms. The van der Waals surface area contributed by atoms with Crippen molar-refractivity contribution in [2.45, 2.75) is 51.2 Å². The molecule has 1 aliphatic rings. The first kappa shape index (κ1) is 18.3. The Morgan fingerprint density at radius 3 is 2.71 bits per heavy atom. The third-order valence-corrected chi connectivity index (χ3v) is 3.71. The van der Waals surface area contributed by atoms with Gasteiger partial charge in [-0.1, -0.05) is 19.3 Å². The molecule has 3 N–H and O–H groups in total. The maximum absolute atomic E-state index is 10.5. The zero-order valence-corrected chi connectivity index (χ0v) is 14.9. The van der Waals surface area contributed by atoms with E-state index in [2.05, 4.69) is 15.6 Å². The molecule has 0 bridgehead atoms. The number of nitrogens with one attached hydrogen (secondary N) is 2. The molecule has 1 fully saturated rings. The van der Waals surface area contributed by atoms with E-state index in [1.807, 2.05) is 13.0 Å². The fourth-order valence-electron chi connectivity index (χ4n) is 2.53. The molecular weight excluding hydrogens is 381 g/mol. The lowest BCUT2D eigenvalue weighted by Gasteiger charge is -2.32. The normalized spacial score (nSPS) is 17.9. The smallest absolute Gasteiger partial charge is 0.191 e. The van der Waals surface area contributed by atoms with Gasteiger partial charge in [-0.25, -0.2) is 4.99 Å². The molecule has 0 atom stereocenters. The number of rotatable bonds is 5. The van der Waals surface area contributed by atoms with Gasteiger partial charge >= 0.3 is 0 Å². The molecular formula is C15H26IN3O2. The Morgan fingerprint density at radius 2 is 2.10 bits per heavy atom. The molecule has 1 saturated carbocycles. The van der Waals surface area contributed by atoms with Crippen LogP contribution in [0.15, 0.2) is 28.0 Å². The zero-order chi connectivity index (χ0) is 14.3. The van der Waals surface area contributed by atoms with Crippen LogP contribution in [0.3, 0.4) is 0 Å². The minimum atomic E-state index is -0.579. The number of nitrogens with zero attached hydrogens (tertiary/aromatic N) is 1. The van der Waals surface area contributed by atoms with E-state index in [1.54, 1.807) is 12.5 Å². The average molecular weight is 407 g/mol. The van der Waals surface area contributed by atoms with E-state index in [4.69, 9.17) is 4.42 Å². The summed E-state index contributed by atoms with van der Waals surface area (Å²) in [6.45, 7) is 3.97. The summed E-state index contributed by atoms with van der Waals surface area (Å²) in [7, 11) is 0. The molecule has 0 radical (unpaired) electrons. The molecule has 0 aromatic carbocycles. The van der Waals surface area contributed by atoms with Crippen molar-refractivity contribution in [3.63, 3.8) is 0 Å². The highest BCUT2D eigenvalue weighted by Crippen LogP contribution is 2.27. The van der Waals surface area contributed by atoms with E-state index in [9.17, 15) is 5.11 Å². The molecule has 21 heavy (non-hydrogen) atoms. The Hall–Kier alpha value is -0.760. The Morgan fingerprint density at radius 1 is 1.33 bits per heavy atom. The van der Waals surface area contributed by atoms with Crippen LogP contribution in [0, 0.1) is 0 Å². The van der Waals surface area contributed by atoms with Gasteiger partial charge in [-0.15, -0.1) is 24.0 Å². The van der Waals surface area contributed by atoms with Crippen molar-refractivity contribution in [3.8, 4) is 0 Å². The van der Waals surface area contributed by atoms with Crippen molar-refractivity contribution >= 4 is 29.9 Å². The first-order valence-electron chi connectivity index (χ1n) is 7.47. The van der Waals surface area contributed by atoms with Gasteiger partial charge in [0.25, 0.3) is 0 Å². The van der Waals surface area contributed by atoms with E-state index in [0.29, 0.717) is 13.1 Å². The topological polar surface area (TPSA) is 69.8 Å². The molecule has 1 aromatic heterocycles. The molecule has 1 aliphatic carbocycles. The molecule has 0 aliphatic heterocycles. The van der Waals surface area contributed by atoms with Crippen molar-refractivity contribution in [2.75, 3.05) is 13.1 Å². The van der Waals surface area contributed by atoms with Gasteiger partial charge in [-0.05, 0) is 25.8 Å². The highest BCUT2D eigenvalue weighted by Gasteiger charge is 2.29. The van der Waals surface area contributed by atoms with E-state index in [-0.39, 0.29) is 24.0 Å². The maximum Gasteiger partial charge on any atom is 0.191 e. The quantitative estimate of drug-likeness (QED) is 0.399. The number of aliphatic hydroxyl groups is 1. The molecule has 0 spiro atoms. The lowest BCUT2D eigenvalue weighted by Crippen LogP contribution is -2.48. The molecule has 0 amide bonds. The third-order valence-electron chi connectivity index (χ3n) is 3.71. The summed E-state index contributed by atoms with van der Waals surface area (Å²) in [4.78, 5) is 4.49. The molecule has 5 nitrogen and oxygen atoms in total. The highest BCUT2D eigenvalue weighted by molar-refractivity contribution is 14.0. The van der Waals surface area contributed by atoms with Gasteiger partial charge in [-0.2, -0.15) is 0 Å². The Labute approximate surface area is 143 Å². The van der Waals surface area contributed by atoms with Crippen LogP contribution in [-0.4, -0.2) is 29.8 Å². The van der Waals surface area contributed by atoms with Crippen molar-refractivity contribution in [2.24, 2.45) is 4.99 Å². The highest BCUT2D eigenvalue weighted by atomic mass is 127. The van der Waals surface area contributed by atoms with Gasteiger partial charge in [0.1, 0.15) is 0 Å². The standard InChI is InChI=1S/C15H25N3O2.HI/c1-2-16-14(17-10-13-6-9-20-11-13)18-12-15(19)7-4-3-5-8-15;/h6,9,11,19H,2-5,7-8,10,12H2,1H3,(H2,16,17,18);1H. The first-order valence-corrected chi connectivity index (χ1v) is 7.47. The summed E-state index contributed by atoms with van der Waals surface area (Å²) >= 11 is 0. The van der Waals surface area contributed by atoms with Crippen LogP contribution in [-0.2, 0) is 6.54 Å². The second kappa shape index (κ2) is 9.30. The fourth-order valence-corrected chi connectivity index (χ4v) is 2.53. The first-order chi connectivity index (χ1) is 9.72. The van der Waals surface area contributed by atoms with Gasteiger partial charge in [0.05, 0.1) is 24.7 Å². The molecule has 1 heterocycles. The molecule has 0 saturated heterocycles. The second-order valence-electron chi connectivity index (χ2n) is 5.47. The Balaban J connectivity index is 0.00000220. The minimum Gasteiger partial charge on any atom is -0.472 e. The van der Waals surface area contributed by atoms with E-state index >= 15 is 0 Å². The molecule has 1 aromatic rings. The van der Waals surface area contributed by atoms with Gasteiger partial charge in [-0.3, -0.25) is 0 Å². The van der Waals surface area contributed by atoms with Crippen LogP contribution < -0.4 is 10.6 Å². The SMILES string of the molecule is CCNC(=NCc1ccoc1)NCC1(O)CCCCC1.I. The number of hydrogen-bond donors (Lipinski definition) is 3. The van der Waals surface area contributed by atoms with Crippen LogP contribution in [0.5, 0.6) is 0 Å². The largest absolute Gasteiger partial charge is 0.472 e. The Bertz CT molecular complexity index is 415. The summed E-state index contributed by atoms with van der Waals surface area (Å²) in [5, 5.41) is 16.9. The average Bonchev–Trinajstić information content (AvgIpc) is 2.96. The number of guanidine groups is 1. The predicted octanol–water partition coefficient (Wildman–Crippen LogP) is 2.65. The number of hydrogen-bond acceptors (Lipinski definition) is 3. The van der Waals surface area contributed by atoms with Crippen molar-refractivity contribution in [1.29, 1.82) is 0 Å². The van der Waals surface area contributed by atoms with Crippen LogP contribution in [0.2, 0.25) is 0 Å². The summed E-state index contributed by atoms with van der Waals surface area (Å²) in [5.41, 5.74) is 0.461. The molecule has 0 unspecified atom stereocenters. The zero-order valence-electron chi connectivity index (χ0n) is 12.6. The van der Waals surface area contributed by atoms with Gasteiger partial charge in [0.15, 0.2) is 5.96 Å². The fraction of sp³-hybridized carbons (Fsp3) is 0.667. The van der Waals surface area contributed by atoms with Crippen LogP contribution >= 0.6 is 24.0 Å². The molecule has 120 valence electrons.